The van der Waals surface area contributed by atoms with Gasteiger partial charge >= 0.3 is 6.36 Å². The topological polar surface area (TPSA) is 50.4 Å². The molecule has 0 aromatic heterocycles. The molecule has 0 radical (unpaired) electrons. The Morgan fingerprint density at radius 3 is 2.50 bits per heavy atom. The fourth-order valence-corrected chi connectivity index (χ4v) is 1.36. The first-order valence-electron chi connectivity index (χ1n) is 5.65. The Labute approximate surface area is 114 Å². The number of halogens is 3. The number of benzene rings is 1. The molecule has 2 N–H and O–H groups in total. The lowest BCUT2D eigenvalue weighted by Crippen LogP contribution is -2.37. The van der Waals surface area contributed by atoms with Gasteiger partial charge < -0.3 is 15.4 Å². The van der Waals surface area contributed by atoms with Gasteiger partial charge in [0.05, 0.1) is 6.54 Å². The van der Waals surface area contributed by atoms with E-state index in [1.807, 2.05) is 0 Å². The molecule has 1 amide bonds. The van der Waals surface area contributed by atoms with Gasteiger partial charge in [-0.1, -0.05) is 5.92 Å². The van der Waals surface area contributed by atoms with Crippen LogP contribution in [0.15, 0.2) is 24.3 Å². The van der Waals surface area contributed by atoms with E-state index in [-0.39, 0.29) is 18.2 Å². The largest absolute Gasteiger partial charge is 0.573 e. The Kier molecular flexibility index (Phi) is 5.26. The molecule has 0 saturated carbocycles. The third kappa shape index (κ3) is 5.52. The summed E-state index contributed by atoms with van der Waals surface area (Å²) < 4.78 is 39.6. The summed E-state index contributed by atoms with van der Waals surface area (Å²) in [6.45, 7) is 1.72. The SMILES string of the molecule is C#CCNC(=O)[C@H](C)Nc1ccc(OC(F)(F)F)cc1. The molecule has 0 aliphatic heterocycles. The van der Waals surface area contributed by atoms with Crippen molar-refractivity contribution in [3.8, 4) is 18.1 Å². The van der Waals surface area contributed by atoms with Crippen LogP contribution in [0.25, 0.3) is 0 Å². The molecule has 1 aromatic rings. The van der Waals surface area contributed by atoms with Crippen molar-refractivity contribution in [3.63, 3.8) is 0 Å². The standard InChI is InChI=1S/C13H13F3N2O2/c1-3-8-17-12(19)9(2)18-10-4-6-11(7-5-10)20-13(14,15)16/h1,4-7,9,18H,8H2,2H3,(H,17,19)/t9-/m0/s1. The van der Waals surface area contributed by atoms with E-state index in [0.717, 1.165) is 12.1 Å². The maximum Gasteiger partial charge on any atom is 0.573 e. The van der Waals surface area contributed by atoms with Gasteiger partial charge in [0, 0.05) is 5.69 Å². The van der Waals surface area contributed by atoms with Gasteiger partial charge in [-0.3, -0.25) is 4.79 Å². The normalized spacial score (nSPS) is 12.2. The molecule has 0 bridgehead atoms. The van der Waals surface area contributed by atoms with Crippen molar-refractivity contribution in [2.75, 3.05) is 11.9 Å². The molecule has 7 heteroatoms. The van der Waals surface area contributed by atoms with Gasteiger partial charge in [0.25, 0.3) is 0 Å². The molecular weight excluding hydrogens is 273 g/mol. The fraction of sp³-hybridized carbons (Fsp3) is 0.308. The summed E-state index contributed by atoms with van der Waals surface area (Å²) in [6.07, 6.45) is 0.281. The Bertz CT molecular complexity index is 492. The lowest BCUT2D eigenvalue weighted by Gasteiger charge is -2.15. The number of nitrogens with one attached hydrogen (secondary N) is 2. The number of rotatable bonds is 5. The summed E-state index contributed by atoms with van der Waals surface area (Å²) in [7, 11) is 0. The van der Waals surface area contributed by atoms with Crippen molar-refractivity contribution in [3.05, 3.63) is 24.3 Å². The van der Waals surface area contributed by atoms with Gasteiger partial charge in [0.2, 0.25) is 5.91 Å². The van der Waals surface area contributed by atoms with Gasteiger partial charge in [-0.05, 0) is 31.2 Å². The summed E-state index contributed by atoms with van der Waals surface area (Å²) in [6, 6.07) is 4.50. The highest BCUT2D eigenvalue weighted by molar-refractivity contribution is 5.84. The number of amides is 1. The molecule has 0 aliphatic carbocycles. The van der Waals surface area contributed by atoms with Crippen molar-refractivity contribution in [2.24, 2.45) is 0 Å². The number of carbonyl (C=O) groups is 1. The predicted octanol–water partition coefficient (Wildman–Crippen LogP) is 2.13. The quantitative estimate of drug-likeness (QED) is 0.815. The van der Waals surface area contributed by atoms with Crippen molar-refractivity contribution in [1.82, 2.24) is 5.32 Å². The van der Waals surface area contributed by atoms with Crippen LogP contribution in [0.4, 0.5) is 18.9 Å². The molecule has 0 saturated heterocycles. The van der Waals surface area contributed by atoms with Crippen LogP contribution in [-0.4, -0.2) is 24.9 Å². The van der Waals surface area contributed by atoms with Crippen molar-refractivity contribution in [2.45, 2.75) is 19.3 Å². The van der Waals surface area contributed by atoms with Crippen LogP contribution in [-0.2, 0) is 4.79 Å². The lowest BCUT2D eigenvalue weighted by molar-refractivity contribution is -0.274. The molecule has 0 heterocycles. The zero-order valence-electron chi connectivity index (χ0n) is 10.6. The average Bonchev–Trinajstić information content (AvgIpc) is 2.36. The highest BCUT2D eigenvalue weighted by Gasteiger charge is 2.30. The first-order chi connectivity index (χ1) is 9.31. The number of alkyl halides is 3. The average molecular weight is 286 g/mol. The van der Waals surface area contributed by atoms with Crippen LogP contribution in [0.2, 0.25) is 0 Å². The molecule has 0 spiro atoms. The van der Waals surface area contributed by atoms with Crippen molar-refractivity contribution >= 4 is 11.6 Å². The zero-order chi connectivity index (χ0) is 15.2. The van der Waals surface area contributed by atoms with E-state index in [9.17, 15) is 18.0 Å². The molecule has 0 fully saturated rings. The van der Waals surface area contributed by atoms with E-state index in [1.54, 1.807) is 6.92 Å². The number of terminal acetylenes is 1. The highest BCUT2D eigenvalue weighted by Crippen LogP contribution is 2.24. The van der Waals surface area contributed by atoms with Crippen molar-refractivity contribution < 1.29 is 22.7 Å². The fourth-order valence-electron chi connectivity index (χ4n) is 1.36. The van der Waals surface area contributed by atoms with E-state index >= 15 is 0 Å². The van der Waals surface area contributed by atoms with Gasteiger partial charge in [-0.2, -0.15) is 0 Å². The van der Waals surface area contributed by atoms with Gasteiger partial charge in [-0.25, -0.2) is 0 Å². The molecule has 1 atom stereocenters. The number of hydrogen-bond donors (Lipinski definition) is 2. The summed E-state index contributed by atoms with van der Waals surface area (Å²) in [5.74, 6) is 1.63. The van der Waals surface area contributed by atoms with Crippen LogP contribution < -0.4 is 15.4 Å². The maximum atomic E-state index is 12.0. The van der Waals surface area contributed by atoms with E-state index in [1.165, 1.54) is 12.1 Å². The first kappa shape index (κ1) is 15.7. The van der Waals surface area contributed by atoms with Crippen LogP contribution in [0.3, 0.4) is 0 Å². The Hall–Kier alpha value is -2.36. The van der Waals surface area contributed by atoms with E-state index in [2.05, 4.69) is 21.3 Å². The molecule has 0 aliphatic rings. The Morgan fingerprint density at radius 2 is 2.00 bits per heavy atom. The summed E-state index contributed by atoms with van der Waals surface area (Å²) in [4.78, 5) is 11.5. The Morgan fingerprint density at radius 1 is 1.40 bits per heavy atom. The van der Waals surface area contributed by atoms with Crippen LogP contribution in [0, 0.1) is 12.3 Å². The summed E-state index contributed by atoms with van der Waals surface area (Å²) >= 11 is 0. The van der Waals surface area contributed by atoms with E-state index < -0.39 is 12.4 Å². The van der Waals surface area contributed by atoms with Gasteiger partial charge in [-0.15, -0.1) is 19.6 Å². The minimum Gasteiger partial charge on any atom is -0.406 e. The molecule has 1 aromatic carbocycles. The van der Waals surface area contributed by atoms with E-state index in [4.69, 9.17) is 6.42 Å². The second-order valence-corrected chi connectivity index (χ2v) is 3.86. The monoisotopic (exact) mass is 286 g/mol. The number of hydrogen-bond acceptors (Lipinski definition) is 3. The van der Waals surface area contributed by atoms with Gasteiger partial charge in [0.1, 0.15) is 11.8 Å². The van der Waals surface area contributed by atoms with Gasteiger partial charge in [0.15, 0.2) is 0 Å². The highest BCUT2D eigenvalue weighted by atomic mass is 19.4. The molecule has 0 unspecified atom stereocenters. The second-order valence-electron chi connectivity index (χ2n) is 3.86. The minimum absolute atomic E-state index is 0.114. The number of carbonyl (C=O) groups excluding carboxylic acids is 1. The van der Waals surface area contributed by atoms with Crippen LogP contribution in [0.1, 0.15) is 6.92 Å². The molecular formula is C13H13F3N2O2. The zero-order valence-corrected chi connectivity index (χ0v) is 10.6. The lowest BCUT2D eigenvalue weighted by atomic mass is 10.2. The summed E-state index contributed by atoms with van der Waals surface area (Å²) in [5.41, 5.74) is 0.489. The third-order valence-electron chi connectivity index (χ3n) is 2.23. The smallest absolute Gasteiger partial charge is 0.406 e. The molecule has 108 valence electrons. The predicted molar refractivity (Wildman–Crippen MR) is 68.1 cm³/mol. The molecule has 1 rings (SSSR count). The van der Waals surface area contributed by atoms with E-state index in [0.29, 0.717) is 5.69 Å². The van der Waals surface area contributed by atoms with Crippen LogP contribution in [0.5, 0.6) is 5.75 Å². The Balaban J connectivity index is 2.57. The third-order valence-corrected chi connectivity index (χ3v) is 2.23. The molecule has 20 heavy (non-hydrogen) atoms. The maximum absolute atomic E-state index is 12.0. The van der Waals surface area contributed by atoms with Crippen LogP contribution >= 0.6 is 0 Å². The summed E-state index contributed by atoms with van der Waals surface area (Å²) in [5, 5.41) is 5.31. The first-order valence-corrected chi connectivity index (χ1v) is 5.65. The number of ether oxygens (including phenoxy) is 1. The minimum atomic E-state index is -4.72. The second kappa shape index (κ2) is 6.70. The number of anilines is 1. The van der Waals surface area contributed by atoms with Crippen molar-refractivity contribution in [1.29, 1.82) is 0 Å². The molecule has 4 nitrogen and oxygen atoms in total.